The summed E-state index contributed by atoms with van der Waals surface area (Å²) in [6.07, 6.45) is 0. The van der Waals surface area contributed by atoms with Crippen LogP contribution >= 0.6 is 0 Å². The summed E-state index contributed by atoms with van der Waals surface area (Å²) in [5.41, 5.74) is 16.0. The summed E-state index contributed by atoms with van der Waals surface area (Å²) >= 11 is 0. The first-order valence-electron chi connectivity index (χ1n) is 21.2. The monoisotopic (exact) mass is 784 g/mol. The molecule has 0 saturated heterocycles. The van der Waals surface area contributed by atoms with Crippen LogP contribution in [-0.4, -0.2) is 6.85 Å². The predicted octanol–water partition coefficient (Wildman–Crippen LogP) is 14.0. The first kappa shape index (κ1) is 36.7. The van der Waals surface area contributed by atoms with Crippen LogP contribution in [0, 0.1) is 0 Å². The van der Waals surface area contributed by atoms with Gasteiger partial charge < -0.3 is 23.9 Å². The molecule has 0 bridgehead atoms. The van der Waals surface area contributed by atoms with Gasteiger partial charge in [0.25, 0.3) is 0 Å². The first-order chi connectivity index (χ1) is 28.6. The quantitative estimate of drug-likeness (QED) is 0.163. The van der Waals surface area contributed by atoms with Crippen LogP contribution in [0.3, 0.4) is 0 Å². The smallest absolute Gasteiger partial charge is 0.333 e. The van der Waals surface area contributed by atoms with Gasteiger partial charge in [-0.3, -0.25) is 0 Å². The van der Waals surface area contributed by atoms with Gasteiger partial charge in [0, 0.05) is 28.7 Å². The zero-order chi connectivity index (χ0) is 41.5. The molecule has 11 rings (SSSR count). The molecule has 4 aliphatic rings. The zero-order valence-corrected chi connectivity index (χ0v) is 35.9. The van der Waals surface area contributed by atoms with Crippen LogP contribution in [0.2, 0.25) is 0 Å². The normalized spacial score (nSPS) is 14.4. The van der Waals surface area contributed by atoms with Crippen LogP contribution in [0.5, 0.6) is 34.5 Å². The maximum atomic E-state index is 7.12. The van der Waals surface area contributed by atoms with Gasteiger partial charge in [0.1, 0.15) is 5.75 Å². The molecule has 0 aliphatic carbocycles. The molecule has 0 N–H and O–H groups in total. The Hall–Kier alpha value is -6.40. The van der Waals surface area contributed by atoms with Crippen molar-refractivity contribution in [2.45, 2.75) is 78.6 Å². The lowest BCUT2D eigenvalue weighted by Gasteiger charge is -2.48. The van der Waals surface area contributed by atoms with Crippen molar-refractivity contribution in [3.05, 3.63) is 150 Å². The summed E-state index contributed by atoms with van der Waals surface area (Å²) in [4.78, 5) is 5.01. The molecule has 0 saturated carbocycles. The van der Waals surface area contributed by atoms with E-state index in [1.807, 2.05) is 24.3 Å². The molecule has 7 aromatic carbocycles. The number of hydrogen-bond donors (Lipinski definition) is 0. The summed E-state index contributed by atoms with van der Waals surface area (Å²) in [6.45, 7) is 20.2. The van der Waals surface area contributed by atoms with E-state index in [-0.39, 0.29) is 23.1 Å². The maximum absolute atomic E-state index is 7.12. The molecule has 4 heterocycles. The minimum absolute atomic E-state index is 0.0101. The molecular weight excluding hydrogens is 735 g/mol. The minimum atomic E-state index is -0.221. The summed E-state index contributed by atoms with van der Waals surface area (Å²) in [5, 5.41) is 0. The SMILES string of the molecule is CC(C)(C)c1ccc(N2c3cc4c(cc3B3c5c(cc(-c6ccccc6)cc52)-c2cc(C(C)(C)C)cc5c2N3c2ccc(C(C)(C)C)cc2O5)Oc2ccccc2O4)cc1. The molecule has 4 aliphatic heterocycles. The molecule has 5 nitrogen and oxygen atoms in total. The number of hydrogen-bond acceptors (Lipinski definition) is 5. The second-order valence-electron chi connectivity index (χ2n) is 19.9. The Morgan fingerprint density at radius 1 is 0.417 bits per heavy atom. The van der Waals surface area contributed by atoms with E-state index in [0.717, 1.165) is 51.0 Å². The number of fused-ring (bicyclic) bond motifs is 8. The highest BCUT2D eigenvalue weighted by Gasteiger charge is 2.49. The summed E-state index contributed by atoms with van der Waals surface area (Å²) < 4.78 is 20.5. The minimum Gasteiger partial charge on any atom is -0.453 e. The largest absolute Gasteiger partial charge is 0.453 e. The average molecular weight is 785 g/mol. The van der Waals surface area contributed by atoms with Crippen molar-refractivity contribution in [1.82, 2.24) is 0 Å². The Bertz CT molecular complexity index is 2920. The van der Waals surface area contributed by atoms with Crippen molar-refractivity contribution >= 4 is 46.2 Å². The Morgan fingerprint density at radius 3 is 1.68 bits per heavy atom. The number of rotatable bonds is 2. The molecule has 0 aromatic heterocycles. The highest BCUT2D eigenvalue weighted by atomic mass is 16.6. The van der Waals surface area contributed by atoms with Crippen molar-refractivity contribution in [3.8, 4) is 56.8 Å². The number of nitrogens with zero attached hydrogens (tertiary/aromatic N) is 2. The zero-order valence-electron chi connectivity index (χ0n) is 35.9. The number of anilines is 5. The molecule has 0 atom stereocenters. The third-order valence-electron chi connectivity index (χ3n) is 12.7. The fourth-order valence-corrected chi connectivity index (χ4v) is 9.41. The van der Waals surface area contributed by atoms with Gasteiger partial charge in [0.2, 0.25) is 0 Å². The van der Waals surface area contributed by atoms with Crippen molar-refractivity contribution in [2.24, 2.45) is 0 Å². The Kier molecular flexibility index (Phi) is 7.68. The van der Waals surface area contributed by atoms with Gasteiger partial charge >= 0.3 is 6.85 Å². The van der Waals surface area contributed by atoms with Crippen LogP contribution < -0.4 is 34.8 Å². The maximum Gasteiger partial charge on any atom is 0.333 e. The molecular formula is C54H49BN2O3. The lowest BCUT2D eigenvalue weighted by Crippen LogP contribution is -2.62. The van der Waals surface area contributed by atoms with Crippen molar-refractivity contribution < 1.29 is 14.2 Å². The standard InChI is InChI=1S/C54H49BN2O3/c1-52(2,3)34-19-22-37(23-20-34)56-42-31-48-47(58-44-17-13-14-18-45(44)59-48)30-40(42)55-50-38(25-33(26-43(50)56)32-15-11-10-12-16-32)39-27-36(54(7,8)9)29-49-51(39)57(55)41-24-21-35(53(4,5)6)28-46(41)60-49/h10-31H,1-9H3. The predicted molar refractivity (Wildman–Crippen MR) is 248 cm³/mol. The van der Waals surface area contributed by atoms with Gasteiger partial charge in [-0.15, -0.1) is 0 Å². The number of ether oxygens (including phenoxy) is 3. The molecule has 0 radical (unpaired) electrons. The molecule has 60 heavy (non-hydrogen) atoms. The van der Waals surface area contributed by atoms with Gasteiger partial charge in [-0.1, -0.05) is 123 Å². The highest BCUT2D eigenvalue weighted by Crippen LogP contribution is 2.58. The summed E-state index contributed by atoms with van der Waals surface area (Å²) in [6, 6.07) is 48.6. The number of benzene rings is 7. The van der Waals surface area contributed by atoms with Crippen LogP contribution in [0.25, 0.3) is 22.3 Å². The van der Waals surface area contributed by atoms with Gasteiger partial charge in [-0.2, -0.15) is 0 Å². The van der Waals surface area contributed by atoms with Crippen LogP contribution in [-0.2, 0) is 16.2 Å². The van der Waals surface area contributed by atoms with E-state index < -0.39 is 0 Å². The van der Waals surface area contributed by atoms with E-state index in [4.69, 9.17) is 14.2 Å². The average Bonchev–Trinajstić information content (AvgIpc) is 3.22. The molecule has 296 valence electrons. The Balaban J connectivity index is 1.26. The third kappa shape index (κ3) is 5.60. The van der Waals surface area contributed by atoms with Gasteiger partial charge in [-0.25, -0.2) is 0 Å². The lowest BCUT2D eigenvalue weighted by molar-refractivity contribution is 0.360. The first-order valence-corrected chi connectivity index (χ1v) is 21.2. The fraction of sp³-hybridized carbons (Fsp3) is 0.222. The van der Waals surface area contributed by atoms with E-state index in [1.165, 1.54) is 38.8 Å². The molecule has 6 heteroatoms. The van der Waals surface area contributed by atoms with Crippen LogP contribution in [0.15, 0.2) is 133 Å². The van der Waals surface area contributed by atoms with Crippen molar-refractivity contribution in [3.63, 3.8) is 0 Å². The summed E-state index contributed by atoms with van der Waals surface area (Å²) in [5.74, 6) is 4.55. The fourth-order valence-electron chi connectivity index (χ4n) is 9.41. The van der Waals surface area contributed by atoms with Crippen LogP contribution in [0.1, 0.15) is 79.0 Å². The Morgan fingerprint density at radius 2 is 1.02 bits per heavy atom. The third-order valence-corrected chi connectivity index (χ3v) is 12.7. The van der Waals surface area contributed by atoms with E-state index in [1.54, 1.807) is 0 Å². The van der Waals surface area contributed by atoms with Gasteiger partial charge in [0.05, 0.1) is 11.4 Å². The lowest BCUT2D eigenvalue weighted by atomic mass is 9.43. The van der Waals surface area contributed by atoms with Crippen molar-refractivity contribution in [1.29, 1.82) is 0 Å². The highest BCUT2D eigenvalue weighted by molar-refractivity contribution is 6.94. The molecule has 0 fully saturated rings. The number of para-hydroxylation sites is 2. The second-order valence-corrected chi connectivity index (χ2v) is 19.9. The van der Waals surface area contributed by atoms with E-state index >= 15 is 0 Å². The van der Waals surface area contributed by atoms with Gasteiger partial charge in [-0.05, 0) is 127 Å². The summed E-state index contributed by atoms with van der Waals surface area (Å²) in [7, 11) is 0. The molecule has 0 unspecified atom stereocenters. The van der Waals surface area contributed by atoms with E-state index in [0.29, 0.717) is 23.0 Å². The molecule has 0 spiro atoms. The van der Waals surface area contributed by atoms with E-state index in [9.17, 15) is 0 Å². The Labute approximate surface area is 354 Å². The van der Waals surface area contributed by atoms with E-state index in [2.05, 4.69) is 181 Å². The van der Waals surface area contributed by atoms with Gasteiger partial charge in [0.15, 0.2) is 28.7 Å². The topological polar surface area (TPSA) is 34.2 Å². The van der Waals surface area contributed by atoms with Crippen molar-refractivity contribution in [2.75, 3.05) is 9.71 Å². The molecule has 0 amide bonds. The van der Waals surface area contributed by atoms with Crippen LogP contribution in [0.4, 0.5) is 28.4 Å². The second kappa shape index (κ2) is 12.6. The molecule has 7 aromatic rings.